The first kappa shape index (κ1) is 17.4. The monoisotopic (exact) mass is 340 g/mol. The van der Waals surface area contributed by atoms with Crippen molar-refractivity contribution < 1.29 is 14.3 Å². The van der Waals surface area contributed by atoms with Crippen LogP contribution < -0.4 is 5.32 Å². The normalized spacial score (nSPS) is 25.2. The maximum Gasteiger partial charge on any atom is 0.315 e. The van der Waals surface area contributed by atoms with Crippen molar-refractivity contribution in [3.05, 3.63) is 53.6 Å². The predicted octanol–water partition coefficient (Wildman–Crippen LogP) is 3.10. The SMILES string of the molecule is C=C1NC2=C(C(=O)CC(C)(C)C2)C(c2ccccn2)C1C(=O)OCC. The number of allylic oxidation sites excluding steroid dienone is 2. The van der Waals surface area contributed by atoms with Crippen molar-refractivity contribution >= 4 is 11.8 Å². The Labute approximate surface area is 148 Å². The number of ketones is 1. The zero-order valence-corrected chi connectivity index (χ0v) is 15.0. The Bertz CT molecular complexity index is 749. The molecule has 3 rings (SSSR count). The Morgan fingerprint density at radius 3 is 2.80 bits per heavy atom. The molecule has 2 heterocycles. The first-order valence-electron chi connectivity index (χ1n) is 8.63. The van der Waals surface area contributed by atoms with Crippen molar-refractivity contribution in [2.45, 2.75) is 39.5 Å². The van der Waals surface area contributed by atoms with Crippen LogP contribution in [0, 0.1) is 11.3 Å². The van der Waals surface area contributed by atoms with Gasteiger partial charge in [0.25, 0.3) is 0 Å². The Morgan fingerprint density at radius 2 is 2.16 bits per heavy atom. The number of ether oxygens (including phenoxy) is 1. The number of nitrogens with one attached hydrogen (secondary N) is 1. The molecule has 0 bridgehead atoms. The number of esters is 1. The highest BCUT2D eigenvalue weighted by Crippen LogP contribution is 2.47. The van der Waals surface area contributed by atoms with Gasteiger partial charge in [-0.3, -0.25) is 14.6 Å². The first-order valence-corrected chi connectivity index (χ1v) is 8.63. The summed E-state index contributed by atoms with van der Waals surface area (Å²) in [4.78, 5) is 30.0. The summed E-state index contributed by atoms with van der Waals surface area (Å²) < 4.78 is 5.26. The predicted molar refractivity (Wildman–Crippen MR) is 94.4 cm³/mol. The molecule has 0 saturated carbocycles. The van der Waals surface area contributed by atoms with E-state index in [2.05, 4.69) is 30.7 Å². The third-order valence-electron chi connectivity index (χ3n) is 4.80. The van der Waals surface area contributed by atoms with Crippen LogP contribution in [-0.4, -0.2) is 23.3 Å². The molecule has 25 heavy (non-hydrogen) atoms. The maximum absolute atomic E-state index is 13.0. The summed E-state index contributed by atoms with van der Waals surface area (Å²) in [5.41, 5.74) is 2.67. The molecule has 0 spiro atoms. The number of carbonyl (C=O) groups is 2. The smallest absolute Gasteiger partial charge is 0.315 e. The van der Waals surface area contributed by atoms with E-state index in [0.717, 1.165) is 12.1 Å². The van der Waals surface area contributed by atoms with E-state index in [-0.39, 0.29) is 23.8 Å². The van der Waals surface area contributed by atoms with Gasteiger partial charge in [-0.1, -0.05) is 26.5 Å². The highest BCUT2D eigenvalue weighted by molar-refractivity contribution is 6.00. The molecular weight excluding hydrogens is 316 g/mol. The van der Waals surface area contributed by atoms with Crippen LogP contribution in [0.4, 0.5) is 0 Å². The van der Waals surface area contributed by atoms with Crippen LogP contribution in [0.25, 0.3) is 0 Å². The first-order chi connectivity index (χ1) is 11.8. The van der Waals surface area contributed by atoms with Gasteiger partial charge in [-0.2, -0.15) is 0 Å². The second-order valence-electron chi connectivity index (χ2n) is 7.45. The number of rotatable bonds is 3. The third-order valence-corrected chi connectivity index (χ3v) is 4.80. The number of carbonyl (C=O) groups excluding carboxylic acids is 2. The van der Waals surface area contributed by atoms with Crippen molar-refractivity contribution in [3.63, 3.8) is 0 Å². The van der Waals surface area contributed by atoms with Crippen molar-refractivity contribution in [1.29, 1.82) is 0 Å². The molecule has 5 heteroatoms. The standard InChI is InChI=1S/C20H24N2O3/c1-5-25-19(24)16-12(2)22-14-10-20(3,4)11-15(23)17(14)18(16)13-8-6-7-9-21-13/h6-9,16,18,22H,2,5,10-11H2,1,3-4H3. The van der Waals surface area contributed by atoms with Crippen LogP contribution in [0.2, 0.25) is 0 Å². The molecule has 0 fully saturated rings. The fourth-order valence-electron chi connectivity index (χ4n) is 3.84. The second-order valence-corrected chi connectivity index (χ2v) is 7.45. The quantitative estimate of drug-likeness (QED) is 0.856. The number of pyridine rings is 1. The maximum atomic E-state index is 13.0. The summed E-state index contributed by atoms with van der Waals surface area (Å²) >= 11 is 0. The van der Waals surface area contributed by atoms with E-state index in [1.807, 2.05) is 18.2 Å². The van der Waals surface area contributed by atoms with Gasteiger partial charge in [-0.05, 0) is 30.9 Å². The molecule has 0 radical (unpaired) electrons. The molecule has 5 nitrogen and oxygen atoms in total. The van der Waals surface area contributed by atoms with Gasteiger partial charge in [-0.25, -0.2) is 0 Å². The minimum absolute atomic E-state index is 0.0659. The summed E-state index contributed by atoms with van der Waals surface area (Å²) in [5.74, 6) is -1.41. The molecule has 0 aromatic carbocycles. The van der Waals surface area contributed by atoms with Crippen molar-refractivity contribution in [3.8, 4) is 0 Å². The number of hydrogen-bond acceptors (Lipinski definition) is 5. The molecule has 132 valence electrons. The summed E-state index contributed by atoms with van der Waals surface area (Å²) in [7, 11) is 0. The number of hydrogen-bond donors (Lipinski definition) is 1. The second kappa shape index (κ2) is 6.47. The van der Waals surface area contributed by atoms with E-state index in [0.29, 0.717) is 23.4 Å². The van der Waals surface area contributed by atoms with Crippen LogP contribution >= 0.6 is 0 Å². The fourth-order valence-corrected chi connectivity index (χ4v) is 3.84. The fraction of sp³-hybridized carbons (Fsp3) is 0.450. The minimum atomic E-state index is -0.654. The Kier molecular flexibility index (Phi) is 4.50. The van der Waals surface area contributed by atoms with Crippen LogP contribution in [0.5, 0.6) is 0 Å². The molecule has 1 aromatic heterocycles. The highest BCUT2D eigenvalue weighted by Gasteiger charge is 2.47. The highest BCUT2D eigenvalue weighted by atomic mass is 16.5. The van der Waals surface area contributed by atoms with Gasteiger partial charge in [0.2, 0.25) is 0 Å². The van der Waals surface area contributed by atoms with Gasteiger partial charge >= 0.3 is 5.97 Å². The summed E-state index contributed by atoms with van der Waals surface area (Å²) in [6.07, 6.45) is 2.88. The molecule has 1 N–H and O–H groups in total. The van der Waals surface area contributed by atoms with E-state index in [9.17, 15) is 9.59 Å². The van der Waals surface area contributed by atoms with Crippen LogP contribution in [0.1, 0.15) is 45.2 Å². The van der Waals surface area contributed by atoms with E-state index in [4.69, 9.17) is 4.74 Å². The molecule has 2 atom stereocenters. The van der Waals surface area contributed by atoms with Gasteiger partial charge in [0, 0.05) is 35.3 Å². The van der Waals surface area contributed by atoms with Gasteiger partial charge in [0.05, 0.1) is 12.5 Å². The summed E-state index contributed by atoms with van der Waals surface area (Å²) in [5, 5.41) is 3.23. The average molecular weight is 340 g/mol. The largest absolute Gasteiger partial charge is 0.465 e. The Morgan fingerprint density at radius 1 is 1.40 bits per heavy atom. The van der Waals surface area contributed by atoms with Crippen molar-refractivity contribution in [2.75, 3.05) is 6.61 Å². The van der Waals surface area contributed by atoms with Gasteiger partial charge < -0.3 is 10.1 Å². The van der Waals surface area contributed by atoms with Crippen molar-refractivity contribution in [2.24, 2.45) is 11.3 Å². The van der Waals surface area contributed by atoms with Gasteiger partial charge in [0.1, 0.15) is 5.92 Å². The number of aromatic nitrogens is 1. The lowest BCUT2D eigenvalue weighted by Gasteiger charge is -2.41. The third kappa shape index (κ3) is 3.23. The topological polar surface area (TPSA) is 68.3 Å². The molecule has 2 unspecified atom stereocenters. The van der Waals surface area contributed by atoms with E-state index in [1.54, 1.807) is 13.1 Å². The number of Topliss-reactive ketones (excluding diaryl/α,β-unsaturated/α-hetero) is 1. The summed E-state index contributed by atoms with van der Waals surface area (Å²) in [6.45, 7) is 10.3. The van der Waals surface area contributed by atoms with Gasteiger partial charge in [0.15, 0.2) is 5.78 Å². The molecule has 2 aliphatic rings. The van der Waals surface area contributed by atoms with E-state index < -0.39 is 11.8 Å². The molecule has 1 aliphatic carbocycles. The zero-order valence-electron chi connectivity index (χ0n) is 15.0. The molecular formula is C20H24N2O3. The Hall–Kier alpha value is -2.43. The van der Waals surface area contributed by atoms with Crippen LogP contribution in [0.15, 0.2) is 47.9 Å². The molecule has 0 amide bonds. The minimum Gasteiger partial charge on any atom is -0.465 e. The van der Waals surface area contributed by atoms with E-state index in [1.165, 1.54) is 0 Å². The lowest BCUT2D eigenvalue weighted by atomic mass is 9.67. The lowest BCUT2D eigenvalue weighted by Crippen LogP contribution is -2.44. The molecule has 0 saturated heterocycles. The Balaban J connectivity index is 2.14. The lowest BCUT2D eigenvalue weighted by molar-refractivity contribution is -0.147. The molecule has 1 aromatic rings. The van der Waals surface area contributed by atoms with Crippen molar-refractivity contribution in [1.82, 2.24) is 10.3 Å². The molecule has 1 aliphatic heterocycles. The van der Waals surface area contributed by atoms with Crippen LogP contribution in [0.3, 0.4) is 0 Å². The van der Waals surface area contributed by atoms with Gasteiger partial charge in [-0.15, -0.1) is 0 Å². The van der Waals surface area contributed by atoms with Crippen LogP contribution in [-0.2, 0) is 14.3 Å². The average Bonchev–Trinajstić information content (AvgIpc) is 2.53. The summed E-state index contributed by atoms with van der Waals surface area (Å²) in [6, 6.07) is 5.54. The number of nitrogens with zero attached hydrogens (tertiary/aromatic N) is 1. The zero-order chi connectivity index (χ0) is 18.2. The van der Waals surface area contributed by atoms with E-state index >= 15 is 0 Å².